The summed E-state index contributed by atoms with van der Waals surface area (Å²) in [5, 5.41) is 5.70. The number of halogens is 3. The zero-order chi connectivity index (χ0) is 29.9. The Morgan fingerprint density at radius 1 is 1.10 bits per heavy atom. The summed E-state index contributed by atoms with van der Waals surface area (Å²) in [4.78, 5) is 12.5. The fourth-order valence-corrected chi connectivity index (χ4v) is 4.95. The number of aromatic nitrogens is 2. The molecule has 0 atom stereocenters. The molecule has 0 amide bonds. The van der Waals surface area contributed by atoms with Gasteiger partial charge < -0.3 is 25.2 Å². The summed E-state index contributed by atoms with van der Waals surface area (Å²) in [5.74, 6) is -0.0207. The number of methoxy groups -OCH3 is 1. The molecular formula is C27H34F3N7O3S. The Labute approximate surface area is 238 Å². The molecule has 222 valence electrons. The Morgan fingerprint density at radius 2 is 1.80 bits per heavy atom. The van der Waals surface area contributed by atoms with Crippen LogP contribution in [0, 0.1) is 6.92 Å². The normalized spacial score (nSPS) is 14.6. The lowest BCUT2D eigenvalue weighted by atomic mass is 10.1. The second kappa shape index (κ2) is 12.0. The Kier molecular flexibility index (Phi) is 8.83. The first-order chi connectivity index (χ1) is 19.3. The van der Waals surface area contributed by atoms with Crippen molar-refractivity contribution in [1.29, 1.82) is 0 Å². The third-order valence-corrected chi connectivity index (χ3v) is 8.11. The molecule has 0 radical (unpaired) electrons. The van der Waals surface area contributed by atoms with Crippen LogP contribution in [-0.2, 0) is 22.7 Å². The SMILES string of the molecule is COc1cc(N2CCN(C)CC2)ccc1Nc1ncc(C(F)(F)F)c(NCc2ccc(C)cc2N(C)S(C)(=O)=O)n1. The summed E-state index contributed by atoms with van der Waals surface area (Å²) in [6.07, 6.45) is -2.95. The average molecular weight is 594 g/mol. The van der Waals surface area contributed by atoms with Crippen molar-refractivity contribution in [3.8, 4) is 5.75 Å². The van der Waals surface area contributed by atoms with Gasteiger partial charge in [0.05, 0.1) is 24.7 Å². The molecule has 0 aliphatic carbocycles. The van der Waals surface area contributed by atoms with E-state index in [1.807, 2.05) is 12.1 Å². The van der Waals surface area contributed by atoms with Gasteiger partial charge in [0.1, 0.15) is 17.1 Å². The first kappa shape index (κ1) is 30.2. The number of rotatable bonds is 9. The van der Waals surface area contributed by atoms with Crippen LogP contribution in [0.25, 0.3) is 0 Å². The van der Waals surface area contributed by atoms with Crippen molar-refractivity contribution in [1.82, 2.24) is 14.9 Å². The average Bonchev–Trinajstić information content (AvgIpc) is 2.91. The van der Waals surface area contributed by atoms with E-state index in [1.54, 1.807) is 31.2 Å². The molecule has 1 aliphatic heterocycles. The number of benzene rings is 2. The number of sulfonamides is 1. The molecule has 10 nitrogen and oxygen atoms in total. The van der Waals surface area contributed by atoms with E-state index in [0.717, 1.165) is 48.0 Å². The highest BCUT2D eigenvalue weighted by atomic mass is 32.2. The summed E-state index contributed by atoms with van der Waals surface area (Å²) in [5.41, 5.74) is 2.05. The first-order valence-corrected chi connectivity index (χ1v) is 14.7. The minimum absolute atomic E-state index is 0.0662. The van der Waals surface area contributed by atoms with Crippen molar-refractivity contribution in [3.63, 3.8) is 0 Å². The molecule has 2 heterocycles. The van der Waals surface area contributed by atoms with Gasteiger partial charge in [0, 0.05) is 57.7 Å². The van der Waals surface area contributed by atoms with Crippen molar-refractivity contribution in [2.24, 2.45) is 0 Å². The number of alkyl halides is 3. The highest BCUT2D eigenvalue weighted by Crippen LogP contribution is 2.36. The van der Waals surface area contributed by atoms with Crippen molar-refractivity contribution >= 4 is 38.9 Å². The lowest BCUT2D eigenvalue weighted by Gasteiger charge is -2.34. The molecule has 1 aliphatic rings. The van der Waals surface area contributed by atoms with E-state index in [1.165, 1.54) is 14.2 Å². The number of hydrogen-bond donors (Lipinski definition) is 2. The summed E-state index contributed by atoms with van der Waals surface area (Å²) in [7, 11) is 1.39. The van der Waals surface area contributed by atoms with Gasteiger partial charge in [-0.25, -0.2) is 13.4 Å². The van der Waals surface area contributed by atoms with Gasteiger partial charge in [0.25, 0.3) is 0 Å². The zero-order valence-corrected chi connectivity index (χ0v) is 24.4. The second-order valence-electron chi connectivity index (χ2n) is 9.97. The molecule has 14 heteroatoms. The number of nitrogens with zero attached hydrogens (tertiary/aromatic N) is 5. The molecule has 2 N–H and O–H groups in total. The van der Waals surface area contributed by atoms with E-state index in [-0.39, 0.29) is 12.5 Å². The predicted octanol–water partition coefficient (Wildman–Crippen LogP) is 4.32. The van der Waals surface area contributed by atoms with Crippen LogP contribution in [0.1, 0.15) is 16.7 Å². The van der Waals surface area contributed by atoms with Crippen LogP contribution in [0.3, 0.4) is 0 Å². The lowest BCUT2D eigenvalue weighted by molar-refractivity contribution is -0.137. The van der Waals surface area contributed by atoms with E-state index in [9.17, 15) is 21.6 Å². The molecule has 0 unspecified atom stereocenters. The predicted molar refractivity (Wildman–Crippen MR) is 155 cm³/mol. The molecule has 0 spiro atoms. The minimum atomic E-state index is -4.72. The largest absolute Gasteiger partial charge is 0.494 e. The number of likely N-dealkylation sites (N-methyl/N-ethyl adjacent to an activating group) is 1. The van der Waals surface area contributed by atoms with Crippen LogP contribution in [0.4, 0.5) is 42.0 Å². The zero-order valence-electron chi connectivity index (χ0n) is 23.6. The highest BCUT2D eigenvalue weighted by Gasteiger charge is 2.35. The number of aryl methyl sites for hydroxylation is 1. The van der Waals surface area contributed by atoms with Crippen LogP contribution in [0.2, 0.25) is 0 Å². The lowest BCUT2D eigenvalue weighted by Crippen LogP contribution is -2.44. The summed E-state index contributed by atoms with van der Waals surface area (Å²) in [6, 6.07) is 10.6. The third-order valence-electron chi connectivity index (χ3n) is 6.92. The van der Waals surface area contributed by atoms with Gasteiger partial charge in [-0.3, -0.25) is 4.31 Å². The van der Waals surface area contributed by atoms with Gasteiger partial charge >= 0.3 is 6.18 Å². The van der Waals surface area contributed by atoms with E-state index < -0.39 is 27.6 Å². The Bertz CT molecular complexity index is 1490. The monoisotopic (exact) mass is 593 g/mol. The van der Waals surface area contributed by atoms with Crippen LogP contribution in [-0.4, -0.2) is 76.9 Å². The maximum Gasteiger partial charge on any atom is 0.421 e. The van der Waals surface area contributed by atoms with Gasteiger partial charge in [-0.2, -0.15) is 18.2 Å². The van der Waals surface area contributed by atoms with Crippen LogP contribution in [0.15, 0.2) is 42.6 Å². The molecule has 41 heavy (non-hydrogen) atoms. The molecule has 1 fully saturated rings. The van der Waals surface area contributed by atoms with Crippen molar-refractivity contribution < 1.29 is 26.3 Å². The third kappa shape index (κ3) is 7.30. The number of ether oxygens (including phenoxy) is 1. The molecule has 3 aromatic rings. The standard InChI is InChI=1S/C27H34F3N7O3S/c1-18-6-7-19(23(14-18)36(3)41(5,38)39)16-31-25-21(27(28,29)30)17-32-26(34-25)33-22-9-8-20(15-24(22)40-4)37-12-10-35(2)11-13-37/h6-9,14-15,17H,10-13,16H2,1-5H3,(H2,31,32,33,34). The highest BCUT2D eigenvalue weighted by molar-refractivity contribution is 7.92. The van der Waals surface area contributed by atoms with Crippen molar-refractivity contribution in [3.05, 3.63) is 59.3 Å². The van der Waals surface area contributed by atoms with Gasteiger partial charge in [0.15, 0.2) is 0 Å². The van der Waals surface area contributed by atoms with Crippen LogP contribution >= 0.6 is 0 Å². The smallest absolute Gasteiger partial charge is 0.421 e. The summed E-state index contributed by atoms with van der Waals surface area (Å²) < 4.78 is 72.5. The van der Waals surface area contributed by atoms with Crippen molar-refractivity contribution in [2.45, 2.75) is 19.6 Å². The maximum absolute atomic E-state index is 13.9. The Morgan fingerprint density at radius 3 is 2.44 bits per heavy atom. The number of piperazine rings is 1. The number of nitrogens with one attached hydrogen (secondary N) is 2. The van der Waals surface area contributed by atoms with E-state index in [0.29, 0.717) is 28.9 Å². The first-order valence-electron chi connectivity index (χ1n) is 12.9. The fraction of sp³-hybridized carbons (Fsp3) is 0.407. The van der Waals surface area contributed by atoms with Gasteiger partial charge in [-0.1, -0.05) is 12.1 Å². The minimum Gasteiger partial charge on any atom is -0.494 e. The van der Waals surface area contributed by atoms with E-state index in [2.05, 4.69) is 37.4 Å². The van der Waals surface area contributed by atoms with E-state index >= 15 is 0 Å². The molecule has 1 saturated heterocycles. The van der Waals surface area contributed by atoms with Crippen molar-refractivity contribution in [2.75, 3.05) is 73.5 Å². The molecule has 1 aromatic heterocycles. The van der Waals surface area contributed by atoms with Gasteiger partial charge in [0.2, 0.25) is 16.0 Å². The molecule has 0 saturated carbocycles. The van der Waals surface area contributed by atoms with Crippen LogP contribution in [0.5, 0.6) is 5.75 Å². The fourth-order valence-electron chi connectivity index (χ4n) is 4.42. The van der Waals surface area contributed by atoms with E-state index in [4.69, 9.17) is 4.74 Å². The van der Waals surface area contributed by atoms with Gasteiger partial charge in [-0.05, 0) is 43.3 Å². The summed E-state index contributed by atoms with van der Waals surface area (Å²) >= 11 is 0. The molecule has 0 bridgehead atoms. The maximum atomic E-state index is 13.9. The van der Waals surface area contributed by atoms with Crippen LogP contribution < -0.4 is 24.6 Å². The van der Waals surface area contributed by atoms with Gasteiger partial charge in [-0.15, -0.1) is 0 Å². The topological polar surface area (TPSA) is 103 Å². The Balaban J connectivity index is 1.60. The number of anilines is 5. The Hall–Kier alpha value is -3.78. The molecular weight excluding hydrogens is 559 g/mol. The number of hydrogen-bond acceptors (Lipinski definition) is 9. The second-order valence-corrected chi connectivity index (χ2v) is 12.0. The molecule has 2 aromatic carbocycles. The quantitative estimate of drug-likeness (QED) is 0.376. The molecule has 4 rings (SSSR count). The summed E-state index contributed by atoms with van der Waals surface area (Å²) in [6.45, 7) is 5.29.